The number of hydrogen-bond donors (Lipinski definition) is 1. The summed E-state index contributed by atoms with van der Waals surface area (Å²) in [6.45, 7) is 6.35. The SMILES string of the molecule is Cc1noc(C)c1CSC1CCNCC1. The van der Waals surface area contributed by atoms with Crippen LogP contribution in [-0.2, 0) is 5.75 Å². The van der Waals surface area contributed by atoms with Crippen molar-refractivity contribution in [1.29, 1.82) is 0 Å². The minimum Gasteiger partial charge on any atom is -0.361 e. The van der Waals surface area contributed by atoms with E-state index in [1.807, 2.05) is 25.6 Å². The van der Waals surface area contributed by atoms with Gasteiger partial charge in [0.2, 0.25) is 0 Å². The van der Waals surface area contributed by atoms with Crippen LogP contribution in [0.25, 0.3) is 0 Å². The second-order valence-electron chi connectivity index (χ2n) is 4.06. The van der Waals surface area contributed by atoms with Gasteiger partial charge in [-0.15, -0.1) is 0 Å². The van der Waals surface area contributed by atoms with E-state index < -0.39 is 0 Å². The molecule has 1 aromatic heterocycles. The van der Waals surface area contributed by atoms with E-state index >= 15 is 0 Å². The maximum absolute atomic E-state index is 5.16. The molecule has 0 aliphatic carbocycles. The van der Waals surface area contributed by atoms with Crippen LogP contribution < -0.4 is 5.32 Å². The van der Waals surface area contributed by atoms with E-state index in [9.17, 15) is 0 Å². The molecule has 1 saturated heterocycles. The van der Waals surface area contributed by atoms with Gasteiger partial charge in [-0.05, 0) is 39.8 Å². The predicted octanol–water partition coefficient (Wildman–Crippen LogP) is 2.28. The first-order valence-corrected chi connectivity index (χ1v) is 6.56. The molecule has 1 aromatic rings. The number of rotatable bonds is 3. The Morgan fingerprint density at radius 1 is 1.40 bits per heavy atom. The molecule has 1 aliphatic heterocycles. The third-order valence-electron chi connectivity index (χ3n) is 2.93. The summed E-state index contributed by atoms with van der Waals surface area (Å²) < 4.78 is 5.16. The van der Waals surface area contributed by atoms with Crippen LogP contribution in [0.15, 0.2) is 4.52 Å². The molecule has 0 radical (unpaired) electrons. The van der Waals surface area contributed by atoms with Crippen LogP contribution in [0.3, 0.4) is 0 Å². The molecule has 1 fully saturated rings. The van der Waals surface area contributed by atoms with Crippen molar-refractivity contribution in [1.82, 2.24) is 10.5 Å². The summed E-state index contributed by atoms with van der Waals surface area (Å²) in [6.07, 6.45) is 2.57. The highest BCUT2D eigenvalue weighted by molar-refractivity contribution is 7.99. The number of thioether (sulfide) groups is 1. The van der Waals surface area contributed by atoms with E-state index in [0.29, 0.717) is 0 Å². The van der Waals surface area contributed by atoms with E-state index in [-0.39, 0.29) is 0 Å². The van der Waals surface area contributed by atoms with Gasteiger partial charge in [0.25, 0.3) is 0 Å². The van der Waals surface area contributed by atoms with Crippen molar-refractivity contribution in [2.75, 3.05) is 13.1 Å². The molecule has 1 aliphatic rings. The second-order valence-corrected chi connectivity index (χ2v) is 5.35. The Kier molecular flexibility index (Phi) is 3.70. The Labute approximate surface area is 95.0 Å². The van der Waals surface area contributed by atoms with Gasteiger partial charge in [0.05, 0.1) is 5.69 Å². The van der Waals surface area contributed by atoms with Gasteiger partial charge in [0.1, 0.15) is 5.76 Å². The molecule has 0 unspecified atom stereocenters. The van der Waals surface area contributed by atoms with E-state index in [0.717, 1.165) is 22.5 Å². The third-order valence-corrected chi connectivity index (χ3v) is 4.33. The Morgan fingerprint density at radius 3 is 2.73 bits per heavy atom. The number of nitrogens with one attached hydrogen (secondary N) is 1. The van der Waals surface area contributed by atoms with Crippen LogP contribution in [0, 0.1) is 13.8 Å². The summed E-state index contributed by atoms with van der Waals surface area (Å²) in [5, 5.41) is 8.17. The molecular weight excluding hydrogens is 208 g/mol. The van der Waals surface area contributed by atoms with E-state index in [4.69, 9.17) is 4.52 Å². The summed E-state index contributed by atoms with van der Waals surface area (Å²) in [6, 6.07) is 0. The first kappa shape index (κ1) is 11.0. The van der Waals surface area contributed by atoms with Crippen LogP contribution in [0.4, 0.5) is 0 Å². The van der Waals surface area contributed by atoms with Gasteiger partial charge in [0.15, 0.2) is 0 Å². The van der Waals surface area contributed by atoms with Crippen LogP contribution in [0.1, 0.15) is 29.9 Å². The van der Waals surface area contributed by atoms with Crippen LogP contribution in [0.2, 0.25) is 0 Å². The molecule has 0 atom stereocenters. The van der Waals surface area contributed by atoms with Crippen molar-refractivity contribution < 1.29 is 4.52 Å². The highest BCUT2D eigenvalue weighted by Gasteiger charge is 2.16. The van der Waals surface area contributed by atoms with Crippen LogP contribution in [0.5, 0.6) is 0 Å². The Hall–Kier alpha value is -0.480. The Morgan fingerprint density at radius 2 is 2.13 bits per heavy atom. The Balaban J connectivity index is 1.87. The summed E-state index contributed by atoms with van der Waals surface area (Å²) in [7, 11) is 0. The lowest BCUT2D eigenvalue weighted by Crippen LogP contribution is -2.29. The quantitative estimate of drug-likeness (QED) is 0.858. The monoisotopic (exact) mass is 226 g/mol. The average molecular weight is 226 g/mol. The van der Waals surface area contributed by atoms with Gasteiger partial charge in [0, 0.05) is 16.6 Å². The molecule has 0 amide bonds. The standard InChI is InChI=1S/C11H18N2OS/c1-8-11(9(2)14-13-8)7-15-10-3-5-12-6-4-10/h10,12H,3-7H2,1-2H3. The fraction of sp³-hybridized carbons (Fsp3) is 0.727. The van der Waals surface area contributed by atoms with Gasteiger partial charge < -0.3 is 9.84 Å². The lowest BCUT2D eigenvalue weighted by Gasteiger charge is -2.21. The van der Waals surface area contributed by atoms with Crippen molar-refractivity contribution in [2.45, 2.75) is 37.7 Å². The summed E-state index contributed by atoms with van der Waals surface area (Å²) in [5.74, 6) is 2.03. The minimum atomic E-state index is 0.806. The zero-order valence-corrected chi connectivity index (χ0v) is 10.2. The van der Waals surface area contributed by atoms with Crippen molar-refractivity contribution in [3.05, 3.63) is 17.0 Å². The van der Waals surface area contributed by atoms with Gasteiger partial charge in [-0.3, -0.25) is 0 Å². The lowest BCUT2D eigenvalue weighted by molar-refractivity contribution is 0.392. The number of hydrogen-bond acceptors (Lipinski definition) is 4. The summed E-state index contributed by atoms with van der Waals surface area (Å²) in [4.78, 5) is 0. The normalized spacial score (nSPS) is 18.3. The molecular formula is C11H18N2OS. The van der Waals surface area contributed by atoms with Crippen LogP contribution >= 0.6 is 11.8 Å². The molecule has 84 valence electrons. The number of piperidine rings is 1. The van der Waals surface area contributed by atoms with Crippen molar-refractivity contribution >= 4 is 11.8 Å². The molecule has 4 heteroatoms. The number of aryl methyl sites for hydroxylation is 2. The van der Waals surface area contributed by atoms with Gasteiger partial charge in [-0.1, -0.05) is 5.16 Å². The zero-order chi connectivity index (χ0) is 10.7. The molecule has 0 aromatic carbocycles. The first-order chi connectivity index (χ1) is 7.27. The average Bonchev–Trinajstić information content (AvgIpc) is 2.58. The maximum atomic E-state index is 5.16. The Bertz CT molecular complexity index is 299. The van der Waals surface area contributed by atoms with Crippen LogP contribution in [-0.4, -0.2) is 23.5 Å². The molecule has 2 heterocycles. The van der Waals surface area contributed by atoms with E-state index in [2.05, 4.69) is 10.5 Å². The lowest BCUT2D eigenvalue weighted by atomic mass is 10.2. The molecule has 15 heavy (non-hydrogen) atoms. The van der Waals surface area contributed by atoms with Gasteiger partial charge in [-0.2, -0.15) is 11.8 Å². The molecule has 2 rings (SSSR count). The van der Waals surface area contributed by atoms with Crippen molar-refractivity contribution in [2.24, 2.45) is 0 Å². The van der Waals surface area contributed by atoms with Crippen molar-refractivity contribution in [3.63, 3.8) is 0 Å². The largest absolute Gasteiger partial charge is 0.361 e. The molecule has 0 spiro atoms. The highest BCUT2D eigenvalue weighted by atomic mass is 32.2. The number of nitrogens with zero attached hydrogens (tertiary/aromatic N) is 1. The van der Waals surface area contributed by atoms with Crippen molar-refractivity contribution in [3.8, 4) is 0 Å². The smallest absolute Gasteiger partial charge is 0.137 e. The molecule has 0 saturated carbocycles. The first-order valence-electron chi connectivity index (χ1n) is 5.51. The predicted molar refractivity (Wildman–Crippen MR) is 63.2 cm³/mol. The van der Waals surface area contributed by atoms with Gasteiger partial charge >= 0.3 is 0 Å². The fourth-order valence-corrected chi connectivity index (χ4v) is 3.25. The highest BCUT2D eigenvalue weighted by Crippen LogP contribution is 2.26. The van der Waals surface area contributed by atoms with Gasteiger partial charge in [-0.25, -0.2) is 0 Å². The fourth-order valence-electron chi connectivity index (χ4n) is 1.87. The summed E-state index contributed by atoms with van der Waals surface area (Å²) >= 11 is 2.04. The topological polar surface area (TPSA) is 38.1 Å². The molecule has 1 N–H and O–H groups in total. The maximum Gasteiger partial charge on any atom is 0.137 e. The molecule has 0 bridgehead atoms. The van der Waals surface area contributed by atoms with E-state index in [1.165, 1.54) is 31.5 Å². The second kappa shape index (κ2) is 5.03. The molecule has 3 nitrogen and oxygen atoms in total. The third kappa shape index (κ3) is 2.75. The number of aromatic nitrogens is 1. The van der Waals surface area contributed by atoms with E-state index in [1.54, 1.807) is 0 Å². The minimum absolute atomic E-state index is 0.806. The summed E-state index contributed by atoms with van der Waals surface area (Å²) in [5.41, 5.74) is 2.34. The zero-order valence-electron chi connectivity index (χ0n) is 9.38.